The Bertz CT molecular complexity index is 231. The Morgan fingerprint density at radius 1 is 1.59 bits per heavy atom. The number of carbonyl (C=O) groups is 1. The van der Waals surface area contributed by atoms with Crippen molar-refractivity contribution in [1.82, 2.24) is 4.90 Å². The Kier molecular flexibility index (Phi) is 6.52. The molecule has 0 aromatic heterocycles. The van der Waals surface area contributed by atoms with Crippen molar-refractivity contribution < 1.29 is 9.90 Å². The summed E-state index contributed by atoms with van der Waals surface area (Å²) in [6, 6.07) is 0.00529. The molecule has 1 aliphatic rings. The quantitative estimate of drug-likeness (QED) is 0.733. The fourth-order valence-corrected chi connectivity index (χ4v) is 2.54. The fraction of sp³-hybridized carbons (Fsp3) is 0.923. The van der Waals surface area contributed by atoms with E-state index < -0.39 is 0 Å². The Morgan fingerprint density at radius 3 is 3.00 bits per heavy atom. The van der Waals surface area contributed by atoms with E-state index in [4.69, 9.17) is 10.8 Å². The number of carbonyl (C=O) groups excluding carboxylic acids is 1. The third-order valence-electron chi connectivity index (χ3n) is 3.51. The maximum absolute atomic E-state index is 12.0. The van der Waals surface area contributed by atoms with Gasteiger partial charge in [-0.3, -0.25) is 4.79 Å². The number of hydrogen-bond donors (Lipinski definition) is 2. The summed E-state index contributed by atoms with van der Waals surface area (Å²) in [7, 11) is 0. The molecular formula is C13H26N2O2. The van der Waals surface area contributed by atoms with E-state index in [1.807, 2.05) is 4.90 Å². The molecule has 0 aromatic carbocycles. The van der Waals surface area contributed by atoms with Crippen LogP contribution in [0.15, 0.2) is 0 Å². The fourth-order valence-electron chi connectivity index (χ4n) is 2.54. The molecule has 1 saturated heterocycles. The van der Waals surface area contributed by atoms with E-state index in [1.165, 1.54) is 0 Å². The number of nitrogens with two attached hydrogens (primary N) is 1. The second-order valence-corrected chi connectivity index (χ2v) is 5.11. The minimum absolute atomic E-state index is 0.00529. The van der Waals surface area contributed by atoms with Gasteiger partial charge in [-0.25, -0.2) is 0 Å². The smallest absolute Gasteiger partial charge is 0.224 e. The largest absolute Gasteiger partial charge is 0.396 e. The number of nitrogens with zero attached hydrogens (tertiary/aromatic N) is 1. The van der Waals surface area contributed by atoms with Crippen molar-refractivity contribution in [2.24, 2.45) is 11.7 Å². The van der Waals surface area contributed by atoms with Gasteiger partial charge in [0.1, 0.15) is 0 Å². The standard InChI is InChI=1S/C13H26N2O2/c1-2-4-12(14)9-13(17)15-7-3-5-11(10-15)6-8-16/h11-12,16H,2-10,14H2,1H3. The van der Waals surface area contributed by atoms with Gasteiger partial charge < -0.3 is 15.7 Å². The van der Waals surface area contributed by atoms with Crippen molar-refractivity contribution in [3.05, 3.63) is 0 Å². The zero-order valence-corrected chi connectivity index (χ0v) is 10.9. The highest BCUT2D eigenvalue weighted by Gasteiger charge is 2.24. The number of rotatable bonds is 6. The number of aliphatic hydroxyl groups excluding tert-OH is 1. The van der Waals surface area contributed by atoms with Crippen LogP contribution < -0.4 is 5.73 Å². The molecule has 4 nitrogen and oxygen atoms in total. The Labute approximate surface area is 104 Å². The maximum atomic E-state index is 12.0. The van der Waals surface area contributed by atoms with Gasteiger partial charge in [-0.1, -0.05) is 13.3 Å². The molecule has 0 radical (unpaired) electrons. The predicted molar refractivity (Wildman–Crippen MR) is 68.5 cm³/mol. The minimum Gasteiger partial charge on any atom is -0.396 e. The van der Waals surface area contributed by atoms with E-state index in [-0.39, 0.29) is 18.6 Å². The lowest BCUT2D eigenvalue weighted by atomic mass is 9.94. The highest BCUT2D eigenvalue weighted by molar-refractivity contribution is 5.76. The molecule has 0 spiro atoms. The molecule has 17 heavy (non-hydrogen) atoms. The molecule has 1 amide bonds. The molecule has 1 rings (SSSR count). The molecule has 1 aliphatic heterocycles. The van der Waals surface area contributed by atoms with Crippen molar-refractivity contribution in [1.29, 1.82) is 0 Å². The molecule has 0 bridgehead atoms. The lowest BCUT2D eigenvalue weighted by molar-refractivity contribution is -0.133. The van der Waals surface area contributed by atoms with Crippen molar-refractivity contribution in [3.8, 4) is 0 Å². The SMILES string of the molecule is CCCC(N)CC(=O)N1CCCC(CCO)C1. The van der Waals surface area contributed by atoms with E-state index in [2.05, 4.69) is 6.92 Å². The van der Waals surface area contributed by atoms with Crippen LogP contribution in [0, 0.1) is 5.92 Å². The average Bonchev–Trinajstić information content (AvgIpc) is 2.30. The van der Waals surface area contributed by atoms with Gasteiger partial charge in [-0.05, 0) is 31.6 Å². The number of likely N-dealkylation sites (tertiary alicyclic amines) is 1. The van der Waals surface area contributed by atoms with Crippen LogP contribution in [0.4, 0.5) is 0 Å². The Hall–Kier alpha value is -0.610. The first-order chi connectivity index (χ1) is 8.17. The monoisotopic (exact) mass is 242 g/mol. The van der Waals surface area contributed by atoms with Gasteiger partial charge in [-0.15, -0.1) is 0 Å². The van der Waals surface area contributed by atoms with Gasteiger partial charge >= 0.3 is 0 Å². The summed E-state index contributed by atoms with van der Waals surface area (Å²) in [5.41, 5.74) is 5.90. The van der Waals surface area contributed by atoms with Gasteiger partial charge in [0, 0.05) is 32.2 Å². The number of amides is 1. The van der Waals surface area contributed by atoms with Crippen molar-refractivity contribution in [2.75, 3.05) is 19.7 Å². The van der Waals surface area contributed by atoms with E-state index >= 15 is 0 Å². The molecule has 0 aromatic rings. The lowest BCUT2D eigenvalue weighted by Gasteiger charge is -2.33. The topological polar surface area (TPSA) is 66.6 Å². The van der Waals surface area contributed by atoms with Crippen LogP contribution in [0.3, 0.4) is 0 Å². The third-order valence-corrected chi connectivity index (χ3v) is 3.51. The molecule has 0 aliphatic carbocycles. The van der Waals surface area contributed by atoms with Crippen LogP contribution >= 0.6 is 0 Å². The van der Waals surface area contributed by atoms with Crippen molar-refractivity contribution in [3.63, 3.8) is 0 Å². The Morgan fingerprint density at radius 2 is 2.35 bits per heavy atom. The van der Waals surface area contributed by atoms with Crippen molar-refractivity contribution >= 4 is 5.91 Å². The molecule has 100 valence electrons. The molecule has 4 heteroatoms. The molecule has 3 N–H and O–H groups in total. The first-order valence-electron chi connectivity index (χ1n) is 6.81. The average molecular weight is 242 g/mol. The van der Waals surface area contributed by atoms with Gasteiger partial charge in [0.05, 0.1) is 0 Å². The summed E-state index contributed by atoms with van der Waals surface area (Å²) in [6.45, 7) is 3.97. The number of aliphatic hydroxyl groups is 1. The maximum Gasteiger partial charge on any atom is 0.224 e. The summed E-state index contributed by atoms with van der Waals surface area (Å²) in [4.78, 5) is 13.9. The zero-order valence-electron chi connectivity index (χ0n) is 10.9. The highest BCUT2D eigenvalue weighted by Crippen LogP contribution is 2.20. The first kappa shape index (κ1) is 14.5. The molecule has 1 fully saturated rings. The van der Waals surface area contributed by atoms with Gasteiger partial charge in [0.15, 0.2) is 0 Å². The molecule has 2 atom stereocenters. The minimum atomic E-state index is 0.00529. The van der Waals surface area contributed by atoms with E-state index in [0.29, 0.717) is 12.3 Å². The first-order valence-corrected chi connectivity index (χ1v) is 6.81. The van der Waals surface area contributed by atoms with Crippen LogP contribution in [-0.2, 0) is 4.79 Å². The van der Waals surface area contributed by atoms with Gasteiger partial charge in [0.25, 0.3) is 0 Å². The zero-order chi connectivity index (χ0) is 12.7. The summed E-state index contributed by atoms with van der Waals surface area (Å²) in [5.74, 6) is 0.661. The van der Waals surface area contributed by atoms with Crippen LogP contribution in [0.25, 0.3) is 0 Å². The van der Waals surface area contributed by atoms with Crippen LogP contribution in [0.2, 0.25) is 0 Å². The predicted octanol–water partition coefficient (Wildman–Crippen LogP) is 1.12. The van der Waals surface area contributed by atoms with Crippen LogP contribution in [0.5, 0.6) is 0 Å². The second kappa shape index (κ2) is 7.67. The summed E-state index contributed by atoms with van der Waals surface area (Å²) in [6.07, 6.45) is 5.41. The second-order valence-electron chi connectivity index (χ2n) is 5.11. The normalized spacial score (nSPS) is 22.5. The third kappa shape index (κ3) is 5.04. The van der Waals surface area contributed by atoms with Gasteiger partial charge in [-0.2, -0.15) is 0 Å². The number of piperidine rings is 1. The lowest BCUT2D eigenvalue weighted by Crippen LogP contribution is -2.42. The van der Waals surface area contributed by atoms with E-state index in [1.54, 1.807) is 0 Å². The van der Waals surface area contributed by atoms with E-state index in [0.717, 1.165) is 45.2 Å². The molecular weight excluding hydrogens is 216 g/mol. The summed E-state index contributed by atoms with van der Waals surface area (Å²) < 4.78 is 0. The van der Waals surface area contributed by atoms with Crippen LogP contribution in [0.1, 0.15) is 45.4 Å². The van der Waals surface area contributed by atoms with Crippen LogP contribution in [-0.4, -0.2) is 41.7 Å². The van der Waals surface area contributed by atoms with E-state index in [9.17, 15) is 4.79 Å². The molecule has 1 heterocycles. The molecule has 2 unspecified atom stereocenters. The highest BCUT2D eigenvalue weighted by atomic mass is 16.3. The Balaban J connectivity index is 2.35. The van der Waals surface area contributed by atoms with Crippen molar-refractivity contribution in [2.45, 2.75) is 51.5 Å². The summed E-state index contributed by atoms with van der Waals surface area (Å²) in [5, 5.41) is 8.94. The summed E-state index contributed by atoms with van der Waals surface area (Å²) >= 11 is 0. The van der Waals surface area contributed by atoms with Gasteiger partial charge in [0.2, 0.25) is 5.91 Å². The number of hydrogen-bond acceptors (Lipinski definition) is 3. The molecule has 0 saturated carbocycles.